The molecule has 0 saturated carbocycles. The maximum absolute atomic E-state index is 5.52. The third-order valence-electron chi connectivity index (χ3n) is 2.55. The van der Waals surface area contributed by atoms with Gasteiger partial charge < -0.3 is 10.1 Å². The lowest BCUT2D eigenvalue weighted by atomic mass is 10.2. The van der Waals surface area contributed by atoms with E-state index in [4.69, 9.17) is 17.0 Å². The van der Waals surface area contributed by atoms with Crippen molar-refractivity contribution in [3.8, 4) is 5.75 Å². The quantitative estimate of drug-likeness (QED) is 0.335. The van der Waals surface area contributed by atoms with Gasteiger partial charge in [0.25, 0.3) is 0 Å². The normalized spacial score (nSPS) is 10.5. The van der Waals surface area contributed by atoms with Crippen molar-refractivity contribution in [2.24, 2.45) is 5.10 Å². The molecule has 4 nitrogen and oxygen atoms in total. The van der Waals surface area contributed by atoms with Gasteiger partial charge in [-0.25, -0.2) is 0 Å². The number of benzene rings is 1. The molecule has 0 fully saturated rings. The summed E-state index contributed by atoms with van der Waals surface area (Å²) in [5.74, 6) is 0.883. The summed E-state index contributed by atoms with van der Waals surface area (Å²) in [6.07, 6.45) is 4.99. The van der Waals surface area contributed by atoms with E-state index < -0.39 is 0 Å². The molecule has 1 aromatic rings. The van der Waals surface area contributed by atoms with E-state index in [-0.39, 0.29) is 0 Å². The fraction of sp³-hybridized carbons (Fsp3) is 0.467. The average Bonchev–Trinajstić information content (AvgIpc) is 2.47. The van der Waals surface area contributed by atoms with Gasteiger partial charge in [0.2, 0.25) is 0 Å². The number of hydrazone groups is 1. The SMILES string of the molecule is CCCCNC(=S)N/N=C\c1ccc(OCCC)cc1. The topological polar surface area (TPSA) is 45.7 Å². The average molecular weight is 293 g/mol. The zero-order valence-corrected chi connectivity index (χ0v) is 13.0. The molecule has 0 aliphatic heterocycles. The van der Waals surface area contributed by atoms with Crippen molar-refractivity contribution in [2.45, 2.75) is 33.1 Å². The molecular weight excluding hydrogens is 270 g/mol. The lowest BCUT2D eigenvalue weighted by Crippen LogP contribution is -2.32. The van der Waals surface area contributed by atoms with Crippen LogP contribution in [0.4, 0.5) is 0 Å². The van der Waals surface area contributed by atoms with E-state index in [2.05, 4.69) is 29.7 Å². The number of unbranched alkanes of at least 4 members (excludes halogenated alkanes) is 1. The maximum Gasteiger partial charge on any atom is 0.186 e. The van der Waals surface area contributed by atoms with Crippen LogP contribution in [0.3, 0.4) is 0 Å². The smallest absolute Gasteiger partial charge is 0.186 e. The van der Waals surface area contributed by atoms with Gasteiger partial charge in [-0.2, -0.15) is 5.10 Å². The van der Waals surface area contributed by atoms with Gasteiger partial charge in [-0.1, -0.05) is 20.3 Å². The molecular formula is C15H23N3OS. The number of thiocarbonyl (C=S) groups is 1. The summed E-state index contributed by atoms with van der Waals surface area (Å²) in [6.45, 7) is 5.85. The molecule has 0 aliphatic carbocycles. The molecule has 0 radical (unpaired) electrons. The van der Waals surface area contributed by atoms with E-state index in [1.807, 2.05) is 24.3 Å². The monoisotopic (exact) mass is 293 g/mol. The minimum Gasteiger partial charge on any atom is -0.494 e. The maximum atomic E-state index is 5.52. The minimum atomic E-state index is 0.553. The Kier molecular flexibility index (Phi) is 8.38. The molecule has 0 spiro atoms. The van der Waals surface area contributed by atoms with Crippen LogP contribution in [0.2, 0.25) is 0 Å². The summed E-state index contributed by atoms with van der Waals surface area (Å²) in [6, 6.07) is 7.80. The predicted molar refractivity (Wildman–Crippen MR) is 88.5 cm³/mol. The molecule has 0 saturated heterocycles. The van der Waals surface area contributed by atoms with Gasteiger partial charge in [0.05, 0.1) is 12.8 Å². The number of ether oxygens (including phenoxy) is 1. The van der Waals surface area contributed by atoms with Crippen LogP contribution in [-0.4, -0.2) is 24.5 Å². The summed E-state index contributed by atoms with van der Waals surface area (Å²) in [5.41, 5.74) is 3.80. The van der Waals surface area contributed by atoms with E-state index in [0.717, 1.165) is 43.7 Å². The molecule has 5 heteroatoms. The summed E-state index contributed by atoms with van der Waals surface area (Å²) >= 11 is 5.10. The molecule has 0 heterocycles. The van der Waals surface area contributed by atoms with E-state index >= 15 is 0 Å². The van der Waals surface area contributed by atoms with Gasteiger partial charge in [0.1, 0.15) is 5.75 Å². The summed E-state index contributed by atoms with van der Waals surface area (Å²) in [4.78, 5) is 0. The molecule has 20 heavy (non-hydrogen) atoms. The molecule has 0 aromatic heterocycles. The highest BCUT2D eigenvalue weighted by Gasteiger charge is 1.94. The molecule has 2 N–H and O–H groups in total. The highest BCUT2D eigenvalue weighted by molar-refractivity contribution is 7.80. The van der Waals surface area contributed by atoms with Crippen molar-refractivity contribution in [3.63, 3.8) is 0 Å². The van der Waals surface area contributed by atoms with Gasteiger partial charge in [0, 0.05) is 6.54 Å². The molecule has 0 bridgehead atoms. The van der Waals surface area contributed by atoms with Gasteiger partial charge in [0.15, 0.2) is 5.11 Å². The van der Waals surface area contributed by atoms with Gasteiger partial charge in [-0.3, -0.25) is 5.43 Å². The zero-order chi connectivity index (χ0) is 14.6. The van der Waals surface area contributed by atoms with Crippen LogP contribution in [0.15, 0.2) is 29.4 Å². The van der Waals surface area contributed by atoms with Gasteiger partial charge >= 0.3 is 0 Å². The fourth-order valence-corrected chi connectivity index (χ4v) is 1.61. The van der Waals surface area contributed by atoms with Crippen molar-refractivity contribution < 1.29 is 4.74 Å². The zero-order valence-electron chi connectivity index (χ0n) is 12.2. The highest BCUT2D eigenvalue weighted by Crippen LogP contribution is 2.11. The van der Waals surface area contributed by atoms with Crippen LogP contribution >= 0.6 is 12.2 Å². The van der Waals surface area contributed by atoms with Crippen LogP contribution < -0.4 is 15.5 Å². The number of hydrogen-bond acceptors (Lipinski definition) is 3. The Balaban J connectivity index is 2.32. The van der Waals surface area contributed by atoms with Crippen molar-refractivity contribution in [1.82, 2.24) is 10.7 Å². The van der Waals surface area contributed by atoms with Gasteiger partial charge in [-0.15, -0.1) is 0 Å². The van der Waals surface area contributed by atoms with E-state index in [9.17, 15) is 0 Å². The minimum absolute atomic E-state index is 0.553. The number of nitrogens with one attached hydrogen (secondary N) is 2. The molecule has 0 unspecified atom stereocenters. The van der Waals surface area contributed by atoms with Crippen LogP contribution in [0.1, 0.15) is 38.7 Å². The first-order chi connectivity index (χ1) is 9.76. The number of rotatable bonds is 8. The second-order valence-corrected chi connectivity index (χ2v) is 4.81. The molecule has 1 aromatic carbocycles. The summed E-state index contributed by atoms with van der Waals surface area (Å²) in [7, 11) is 0. The van der Waals surface area contributed by atoms with Crippen LogP contribution in [0.25, 0.3) is 0 Å². The molecule has 110 valence electrons. The first-order valence-electron chi connectivity index (χ1n) is 7.06. The highest BCUT2D eigenvalue weighted by atomic mass is 32.1. The first-order valence-corrected chi connectivity index (χ1v) is 7.46. The van der Waals surface area contributed by atoms with E-state index in [0.29, 0.717) is 5.11 Å². The second-order valence-electron chi connectivity index (χ2n) is 4.40. The van der Waals surface area contributed by atoms with E-state index in [1.54, 1.807) is 6.21 Å². The molecule has 1 rings (SSSR count). The Labute approximate surface area is 126 Å². The molecule has 0 atom stereocenters. The number of hydrogen-bond donors (Lipinski definition) is 2. The third-order valence-corrected chi connectivity index (χ3v) is 2.78. The Morgan fingerprint density at radius 2 is 2.00 bits per heavy atom. The van der Waals surface area contributed by atoms with Crippen LogP contribution in [0.5, 0.6) is 5.75 Å². The number of nitrogens with zero attached hydrogens (tertiary/aromatic N) is 1. The Morgan fingerprint density at radius 3 is 2.65 bits per heavy atom. The summed E-state index contributed by atoms with van der Waals surface area (Å²) < 4.78 is 5.52. The molecule has 0 aliphatic rings. The standard InChI is InChI=1S/C15H23N3OS/c1-3-5-10-16-15(20)18-17-12-13-6-8-14(9-7-13)19-11-4-2/h6-9,12H,3-5,10-11H2,1-2H3,(H2,16,18,20)/b17-12-. The Hall–Kier alpha value is -1.62. The second kappa shape index (κ2) is 10.2. The lowest BCUT2D eigenvalue weighted by molar-refractivity contribution is 0.317. The third kappa shape index (κ3) is 7.09. The predicted octanol–water partition coefficient (Wildman–Crippen LogP) is 3.07. The Bertz CT molecular complexity index is 418. The lowest BCUT2D eigenvalue weighted by Gasteiger charge is -2.05. The van der Waals surface area contributed by atoms with Crippen LogP contribution in [-0.2, 0) is 0 Å². The van der Waals surface area contributed by atoms with Crippen LogP contribution in [0, 0.1) is 0 Å². The summed E-state index contributed by atoms with van der Waals surface area (Å²) in [5, 5.41) is 7.73. The molecule has 0 amide bonds. The largest absolute Gasteiger partial charge is 0.494 e. The van der Waals surface area contributed by atoms with Crippen molar-refractivity contribution in [2.75, 3.05) is 13.2 Å². The van der Waals surface area contributed by atoms with Crippen molar-refractivity contribution >= 4 is 23.5 Å². The van der Waals surface area contributed by atoms with Crippen molar-refractivity contribution in [3.05, 3.63) is 29.8 Å². The Morgan fingerprint density at radius 1 is 1.25 bits per heavy atom. The van der Waals surface area contributed by atoms with Gasteiger partial charge in [-0.05, 0) is 54.9 Å². The van der Waals surface area contributed by atoms with Crippen molar-refractivity contribution in [1.29, 1.82) is 0 Å². The fourth-order valence-electron chi connectivity index (χ4n) is 1.45. The van der Waals surface area contributed by atoms with E-state index in [1.165, 1.54) is 0 Å². The first kappa shape index (κ1) is 16.4.